The van der Waals surface area contributed by atoms with E-state index in [1.54, 1.807) is 6.20 Å². The zero-order valence-electron chi connectivity index (χ0n) is 14.2. The van der Waals surface area contributed by atoms with Gasteiger partial charge < -0.3 is 10.6 Å². The summed E-state index contributed by atoms with van der Waals surface area (Å²) in [7, 11) is 0. The van der Waals surface area contributed by atoms with Gasteiger partial charge in [-0.05, 0) is 35.6 Å². The van der Waals surface area contributed by atoms with Gasteiger partial charge in [0, 0.05) is 11.9 Å². The predicted octanol–water partition coefficient (Wildman–Crippen LogP) is 5.08. The third-order valence-corrected chi connectivity index (χ3v) is 3.52. The summed E-state index contributed by atoms with van der Waals surface area (Å²) in [5, 5.41) is 5.66. The summed E-state index contributed by atoms with van der Waals surface area (Å²) in [4.78, 5) is 12.1. The van der Waals surface area contributed by atoms with Crippen molar-refractivity contribution in [2.75, 3.05) is 5.32 Å². The summed E-state index contributed by atoms with van der Waals surface area (Å²) in [6.07, 6.45) is 3.53. The number of hydrogen-bond donors (Lipinski definition) is 2. The minimum atomic E-state index is -0.245. The fraction of sp³-hybridized carbons (Fsp3) is 0.250. The predicted molar refractivity (Wildman–Crippen MR) is 97.5 cm³/mol. The van der Waals surface area contributed by atoms with Crippen molar-refractivity contribution in [3.8, 4) is 0 Å². The van der Waals surface area contributed by atoms with Gasteiger partial charge in [0.15, 0.2) is 0 Å². The Labute approximate surface area is 138 Å². The highest BCUT2D eigenvalue weighted by Crippen LogP contribution is 2.29. The van der Waals surface area contributed by atoms with Crippen LogP contribution < -0.4 is 10.6 Å². The second kappa shape index (κ2) is 7.14. The number of nitrogens with one attached hydrogen (secondary N) is 2. The Morgan fingerprint density at radius 2 is 1.78 bits per heavy atom. The Morgan fingerprint density at radius 3 is 2.48 bits per heavy atom. The van der Waals surface area contributed by atoms with Gasteiger partial charge in [0.25, 0.3) is 0 Å². The van der Waals surface area contributed by atoms with Gasteiger partial charge in [0.2, 0.25) is 0 Å². The van der Waals surface area contributed by atoms with Crippen LogP contribution in [0.15, 0.2) is 54.7 Å². The number of aryl methyl sites for hydroxylation is 1. The van der Waals surface area contributed by atoms with Gasteiger partial charge in [-0.25, -0.2) is 4.79 Å². The molecule has 0 saturated heterocycles. The van der Waals surface area contributed by atoms with Crippen molar-refractivity contribution in [3.63, 3.8) is 0 Å². The summed E-state index contributed by atoms with van der Waals surface area (Å²) < 4.78 is 0. The second-order valence-electron chi connectivity index (χ2n) is 6.64. The number of carbonyl (C=O) groups is 1. The van der Waals surface area contributed by atoms with E-state index in [2.05, 4.69) is 37.5 Å². The van der Waals surface area contributed by atoms with Gasteiger partial charge in [-0.2, -0.15) is 0 Å². The molecular formula is C20H24N2O. The number of carbonyl (C=O) groups excluding carboxylic acids is 1. The Hall–Kier alpha value is -2.55. The lowest BCUT2D eigenvalue weighted by Crippen LogP contribution is -2.26. The summed E-state index contributed by atoms with van der Waals surface area (Å²) in [5.74, 6) is 0. The van der Waals surface area contributed by atoms with Gasteiger partial charge in [-0.1, -0.05) is 68.8 Å². The number of urea groups is 1. The molecule has 0 spiro atoms. The Bertz CT molecular complexity index is 712. The van der Waals surface area contributed by atoms with E-state index < -0.39 is 0 Å². The van der Waals surface area contributed by atoms with Crippen LogP contribution in [0.4, 0.5) is 10.5 Å². The molecule has 0 aromatic heterocycles. The summed E-state index contributed by atoms with van der Waals surface area (Å²) in [6, 6.07) is 15.7. The smallest absolute Gasteiger partial charge is 0.314 e. The summed E-state index contributed by atoms with van der Waals surface area (Å²) in [5.41, 5.74) is 4.16. The van der Waals surface area contributed by atoms with Crippen LogP contribution in [0.5, 0.6) is 0 Å². The topological polar surface area (TPSA) is 41.1 Å². The molecule has 0 aliphatic carbocycles. The number of para-hydroxylation sites is 1. The first kappa shape index (κ1) is 16.8. The molecule has 0 aliphatic heterocycles. The first-order chi connectivity index (χ1) is 10.9. The lowest BCUT2D eigenvalue weighted by atomic mass is 9.86. The molecule has 2 rings (SSSR count). The van der Waals surface area contributed by atoms with Gasteiger partial charge in [-0.3, -0.25) is 0 Å². The number of benzene rings is 2. The third kappa shape index (κ3) is 4.99. The Balaban J connectivity index is 2.01. The van der Waals surface area contributed by atoms with E-state index in [0.29, 0.717) is 0 Å². The van der Waals surface area contributed by atoms with Crippen molar-refractivity contribution < 1.29 is 4.79 Å². The molecule has 0 unspecified atom stereocenters. The van der Waals surface area contributed by atoms with Crippen molar-refractivity contribution in [1.29, 1.82) is 0 Å². The molecule has 0 fully saturated rings. The van der Waals surface area contributed by atoms with Crippen molar-refractivity contribution in [1.82, 2.24) is 5.32 Å². The highest BCUT2D eigenvalue weighted by Gasteiger charge is 2.18. The minimum absolute atomic E-state index is 0.0265. The van der Waals surface area contributed by atoms with E-state index in [4.69, 9.17) is 0 Å². The van der Waals surface area contributed by atoms with Crippen LogP contribution in [0.2, 0.25) is 0 Å². The molecule has 0 radical (unpaired) electrons. The van der Waals surface area contributed by atoms with E-state index in [-0.39, 0.29) is 11.4 Å². The molecule has 120 valence electrons. The molecule has 0 atom stereocenters. The molecule has 2 N–H and O–H groups in total. The molecule has 3 heteroatoms. The molecule has 2 aromatic rings. The molecule has 23 heavy (non-hydrogen) atoms. The van der Waals surface area contributed by atoms with Gasteiger partial charge >= 0.3 is 6.03 Å². The van der Waals surface area contributed by atoms with Crippen LogP contribution in [0.1, 0.15) is 37.5 Å². The Morgan fingerprint density at radius 1 is 1.04 bits per heavy atom. The van der Waals surface area contributed by atoms with Crippen LogP contribution in [0.25, 0.3) is 6.08 Å². The minimum Gasteiger partial charge on any atom is -0.314 e. The van der Waals surface area contributed by atoms with Crippen LogP contribution in [-0.4, -0.2) is 6.03 Å². The third-order valence-electron chi connectivity index (χ3n) is 3.52. The Kier molecular flexibility index (Phi) is 5.22. The van der Waals surface area contributed by atoms with Crippen LogP contribution >= 0.6 is 0 Å². The van der Waals surface area contributed by atoms with Crippen molar-refractivity contribution >= 4 is 17.8 Å². The monoisotopic (exact) mass is 308 g/mol. The van der Waals surface area contributed by atoms with Crippen molar-refractivity contribution in [3.05, 3.63) is 71.4 Å². The fourth-order valence-corrected chi connectivity index (χ4v) is 2.39. The number of anilines is 1. The van der Waals surface area contributed by atoms with Crippen molar-refractivity contribution in [2.45, 2.75) is 33.1 Å². The van der Waals surface area contributed by atoms with E-state index in [0.717, 1.165) is 16.8 Å². The molecule has 0 saturated carbocycles. The first-order valence-corrected chi connectivity index (χ1v) is 7.76. The molecule has 2 aromatic carbocycles. The maximum atomic E-state index is 12.1. The lowest BCUT2D eigenvalue weighted by molar-refractivity contribution is 0.255. The first-order valence-electron chi connectivity index (χ1n) is 7.76. The van der Waals surface area contributed by atoms with E-state index in [1.165, 1.54) is 5.56 Å². The average molecular weight is 308 g/mol. The van der Waals surface area contributed by atoms with Gasteiger partial charge in [0.05, 0.1) is 0 Å². The quantitative estimate of drug-likeness (QED) is 0.815. The maximum absolute atomic E-state index is 12.1. The highest BCUT2D eigenvalue weighted by molar-refractivity contribution is 5.91. The zero-order chi connectivity index (χ0) is 16.9. The number of rotatable bonds is 3. The summed E-state index contributed by atoms with van der Waals surface area (Å²) >= 11 is 0. The molecule has 0 aliphatic rings. The maximum Gasteiger partial charge on any atom is 0.323 e. The van der Waals surface area contributed by atoms with E-state index in [9.17, 15) is 4.79 Å². The molecule has 2 amide bonds. The zero-order valence-corrected chi connectivity index (χ0v) is 14.2. The standard InChI is InChI=1S/C20H24N2O/c1-15-8-7-9-16(14-15)12-13-21-19(23)22-18-11-6-5-10-17(18)20(2,3)4/h5-14H,1-4H3,(H2,21,22,23)/b13-12+. The van der Waals surface area contributed by atoms with Gasteiger partial charge in [-0.15, -0.1) is 0 Å². The van der Waals surface area contributed by atoms with Crippen LogP contribution in [-0.2, 0) is 5.41 Å². The largest absolute Gasteiger partial charge is 0.323 e. The van der Waals surface area contributed by atoms with Gasteiger partial charge in [0.1, 0.15) is 0 Å². The van der Waals surface area contributed by atoms with Crippen molar-refractivity contribution in [2.24, 2.45) is 0 Å². The number of amides is 2. The van der Waals surface area contributed by atoms with Crippen LogP contribution in [0.3, 0.4) is 0 Å². The average Bonchev–Trinajstić information content (AvgIpc) is 2.47. The molecular weight excluding hydrogens is 284 g/mol. The molecule has 0 heterocycles. The van der Waals surface area contributed by atoms with E-state index in [1.807, 2.05) is 55.5 Å². The van der Waals surface area contributed by atoms with E-state index >= 15 is 0 Å². The molecule has 0 bridgehead atoms. The molecule has 3 nitrogen and oxygen atoms in total. The summed E-state index contributed by atoms with van der Waals surface area (Å²) in [6.45, 7) is 8.43. The highest BCUT2D eigenvalue weighted by atomic mass is 16.2. The van der Waals surface area contributed by atoms with Crippen LogP contribution in [0, 0.1) is 6.92 Å². The lowest BCUT2D eigenvalue weighted by Gasteiger charge is -2.22. The normalized spacial score (nSPS) is 11.5. The number of hydrogen-bond acceptors (Lipinski definition) is 1. The second-order valence-corrected chi connectivity index (χ2v) is 6.64. The fourth-order valence-electron chi connectivity index (χ4n) is 2.39. The SMILES string of the molecule is Cc1cccc(/C=C/NC(=O)Nc2ccccc2C(C)(C)C)c1.